The second-order valence-electron chi connectivity index (χ2n) is 5.80. The van der Waals surface area contributed by atoms with Gasteiger partial charge in [0.15, 0.2) is 11.5 Å². The standard InChI is InChI=1S/C15H15NO3S2/c1-15(2,3)16-13(17)12(21-14(16)20)7-9-4-5-10-11(6-9)19-8-18-10/h4-7H,8H2,1-3H3/b12-7+. The number of thioether (sulfide) groups is 1. The number of benzene rings is 1. The quantitative estimate of drug-likeness (QED) is 0.585. The molecule has 0 atom stereocenters. The van der Waals surface area contributed by atoms with Gasteiger partial charge in [-0.3, -0.25) is 9.69 Å². The Morgan fingerprint density at radius 3 is 2.67 bits per heavy atom. The van der Waals surface area contributed by atoms with Gasteiger partial charge in [-0.1, -0.05) is 30.0 Å². The molecule has 0 N–H and O–H groups in total. The van der Waals surface area contributed by atoms with Crippen LogP contribution in [0.15, 0.2) is 23.1 Å². The summed E-state index contributed by atoms with van der Waals surface area (Å²) >= 11 is 6.65. The van der Waals surface area contributed by atoms with Gasteiger partial charge in [-0.25, -0.2) is 0 Å². The second kappa shape index (κ2) is 5.03. The Kier molecular flexibility index (Phi) is 3.45. The van der Waals surface area contributed by atoms with E-state index < -0.39 is 0 Å². The minimum absolute atomic E-state index is 0.0461. The molecule has 0 aliphatic carbocycles. The molecule has 2 aliphatic rings. The van der Waals surface area contributed by atoms with E-state index in [1.54, 1.807) is 4.90 Å². The number of hydrogen-bond acceptors (Lipinski definition) is 5. The lowest BCUT2D eigenvalue weighted by Crippen LogP contribution is -2.44. The van der Waals surface area contributed by atoms with Gasteiger partial charge in [0.1, 0.15) is 4.32 Å². The first-order valence-corrected chi connectivity index (χ1v) is 7.76. The molecular formula is C15H15NO3S2. The van der Waals surface area contributed by atoms with Gasteiger partial charge in [0.25, 0.3) is 5.91 Å². The van der Waals surface area contributed by atoms with Gasteiger partial charge < -0.3 is 9.47 Å². The maximum atomic E-state index is 12.5. The number of ether oxygens (including phenoxy) is 2. The van der Waals surface area contributed by atoms with Crippen molar-refractivity contribution in [3.8, 4) is 11.5 Å². The van der Waals surface area contributed by atoms with E-state index in [0.29, 0.717) is 15.0 Å². The number of hydrogen-bond donors (Lipinski definition) is 0. The number of nitrogens with zero attached hydrogens (tertiary/aromatic N) is 1. The summed E-state index contributed by atoms with van der Waals surface area (Å²) in [5.74, 6) is 1.39. The highest BCUT2D eigenvalue weighted by Gasteiger charge is 2.39. The highest BCUT2D eigenvalue weighted by atomic mass is 32.2. The molecule has 3 rings (SSSR count). The van der Waals surface area contributed by atoms with Crippen molar-refractivity contribution in [2.75, 3.05) is 6.79 Å². The molecule has 1 fully saturated rings. The summed E-state index contributed by atoms with van der Waals surface area (Å²) in [5, 5.41) is 0. The smallest absolute Gasteiger partial charge is 0.266 e. The highest BCUT2D eigenvalue weighted by Crippen LogP contribution is 2.38. The van der Waals surface area contributed by atoms with Crippen LogP contribution >= 0.6 is 24.0 Å². The first-order chi connectivity index (χ1) is 9.86. The van der Waals surface area contributed by atoms with Crippen molar-refractivity contribution in [2.45, 2.75) is 26.3 Å². The average Bonchev–Trinajstić information content (AvgIpc) is 2.93. The van der Waals surface area contributed by atoms with Crippen LogP contribution in [-0.2, 0) is 4.79 Å². The minimum Gasteiger partial charge on any atom is -0.454 e. The lowest BCUT2D eigenvalue weighted by molar-refractivity contribution is -0.125. The van der Waals surface area contributed by atoms with Crippen LogP contribution in [-0.4, -0.2) is 27.5 Å². The van der Waals surface area contributed by atoms with Crippen LogP contribution in [0.1, 0.15) is 26.3 Å². The first kappa shape index (κ1) is 14.4. The number of thiocarbonyl (C=S) groups is 1. The molecule has 21 heavy (non-hydrogen) atoms. The molecule has 6 heteroatoms. The van der Waals surface area contributed by atoms with Crippen molar-refractivity contribution in [3.63, 3.8) is 0 Å². The topological polar surface area (TPSA) is 38.8 Å². The molecule has 1 aromatic carbocycles. The second-order valence-corrected chi connectivity index (χ2v) is 7.48. The number of amides is 1. The van der Waals surface area contributed by atoms with E-state index >= 15 is 0 Å². The summed E-state index contributed by atoms with van der Waals surface area (Å²) in [6, 6.07) is 5.61. The fourth-order valence-corrected chi connectivity index (χ4v) is 3.84. The van der Waals surface area contributed by atoms with Crippen molar-refractivity contribution in [1.82, 2.24) is 4.90 Å². The number of fused-ring (bicyclic) bond motifs is 1. The third kappa shape index (κ3) is 2.65. The Morgan fingerprint density at radius 1 is 1.29 bits per heavy atom. The van der Waals surface area contributed by atoms with Crippen LogP contribution in [0.25, 0.3) is 6.08 Å². The van der Waals surface area contributed by atoms with Gasteiger partial charge in [0.2, 0.25) is 6.79 Å². The van der Waals surface area contributed by atoms with Crippen molar-refractivity contribution >= 4 is 40.3 Å². The van der Waals surface area contributed by atoms with E-state index in [1.807, 2.05) is 45.0 Å². The number of carbonyl (C=O) groups is 1. The molecule has 0 unspecified atom stereocenters. The van der Waals surface area contributed by atoms with Gasteiger partial charge in [-0.05, 0) is 44.5 Å². The predicted molar refractivity (Wildman–Crippen MR) is 87.3 cm³/mol. The lowest BCUT2D eigenvalue weighted by atomic mass is 10.1. The summed E-state index contributed by atoms with van der Waals surface area (Å²) < 4.78 is 11.2. The monoisotopic (exact) mass is 321 g/mol. The molecule has 2 aliphatic heterocycles. The van der Waals surface area contributed by atoms with Crippen molar-refractivity contribution in [2.24, 2.45) is 0 Å². The van der Waals surface area contributed by atoms with Gasteiger partial charge in [0, 0.05) is 5.54 Å². The van der Waals surface area contributed by atoms with Crippen LogP contribution in [0.3, 0.4) is 0 Å². The van der Waals surface area contributed by atoms with Gasteiger partial charge in [0.05, 0.1) is 4.91 Å². The SMILES string of the molecule is CC(C)(C)N1C(=O)/C(=C\c2ccc3c(c2)OCO3)SC1=S. The van der Waals surface area contributed by atoms with Crippen LogP contribution < -0.4 is 9.47 Å². The molecule has 2 heterocycles. The molecule has 1 saturated heterocycles. The predicted octanol–water partition coefficient (Wildman–Crippen LogP) is 3.42. The molecule has 0 aromatic heterocycles. The maximum absolute atomic E-state index is 12.5. The summed E-state index contributed by atoms with van der Waals surface area (Å²) in [6.07, 6.45) is 1.84. The third-order valence-corrected chi connectivity index (χ3v) is 4.46. The van der Waals surface area contributed by atoms with Crippen LogP contribution in [0.4, 0.5) is 0 Å². The summed E-state index contributed by atoms with van der Waals surface area (Å²) in [6.45, 7) is 6.16. The fourth-order valence-electron chi connectivity index (χ4n) is 2.20. The molecule has 0 spiro atoms. The van der Waals surface area contributed by atoms with Gasteiger partial charge in [-0.2, -0.15) is 0 Å². The lowest BCUT2D eigenvalue weighted by Gasteiger charge is -2.30. The zero-order valence-electron chi connectivity index (χ0n) is 12.0. The van der Waals surface area contributed by atoms with Crippen LogP contribution in [0.5, 0.6) is 11.5 Å². The van der Waals surface area contributed by atoms with Crippen LogP contribution in [0, 0.1) is 0 Å². The molecule has 110 valence electrons. The first-order valence-electron chi connectivity index (χ1n) is 6.54. The average molecular weight is 321 g/mol. The van der Waals surface area contributed by atoms with Crippen molar-refractivity contribution in [1.29, 1.82) is 0 Å². The normalized spacial score (nSPS) is 19.8. The Labute approximate surface area is 133 Å². The molecule has 0 bridgehead atoms. The third-order valence-electron chi connectivity index (χ3n) is 3.16. The number of carbonyl (C=O) groups excluding carboxylic acids is 1. The summed E-state index contributed by atoms with van der Waals surface area (Å²) in [7, 11) is 0. The fraction of sp³-hybridized carbons (Fsp3) is 0.333. The molecule has 0 saturated carbocycles. The van der Waals surface area contributed by atoms with E-state index in [-0.39, 0.29) is 18.2 Å². The Morgan fingerprint density at radius 2 is 2.00 bits per heavy atom. The minimum atomic E-state index is -0.314. The largest absolute Gasteiger partial charge is 0.454 e. The molecule has 0 radical (unpaired) electrons. The Balaban J connectivity index is 1.91. The van der Waals surface area contributed by atoms with E-state index in [1.165, 1.54) is 11.8 Å². The summed E-state index contributed by atoms with van der Waals surface area (Å²) in [4.78, 5) is 14.8. The zero-order valence-corrected chi connectivity index (χ0v) is 13.6. The number of rotatable bonds is 1. The van der Waals surface area contributed by atoms with E-state index in [0.717, 1.165) is 11.3 Å². The van der Waals surface area contributed by atoms with E-state index in [2.05, 4.69) is 0 Å². The molecule has 1 amide bonds. The Hall–Kier alpha value is -1.53. The summed E-state index contributed by atoms with van der Waals surface area (Å²) in [5.41, 5.74) is 0.583. The van der Waals surface area contributed by atoms with Gasteiger partial charge >= 0.3 is 0 Å². The zero-order chi connectivity index (χ0) is 15.2. The van der Waals surface area contributed by atoms with Crippen molar-refractivity contribution in [3.05, 3.63) is 28.7 Å². The maximum Gasteiger partial charge on any atom is 0.266 e. The van der Waals surface area contributed by atoms with Crippen LogP contribution in [0.2, 0.25) is 0 Å². The molecule has 4 nitrogen and oxygen atoms in total. The van der Waals surface area contributed by atoms with Crippen molar-refractivity contribution < 1.29 is 14.3 Å². The van der Waals surface area contributed by atoms with E-state index in [4.69, 9.17) is 21.7 Å². The Bertz CT molecular complexity index is 661. The molecule has 1 aromatic rings. The van der Waals surface area contributed by atoms with E-state index in [9.17, 15) is 4.79 Å². The van der Waals surface area contributed by atoms with Gasteiger partial charge in [-0.15, -0.1) is 0 Å². The molecular weight excluding hydrogens is 306 g/mol. The highest BCUT2D eigenvalue weighted by molar-refractivity contribution is 8.26.